The second-order valence-electron chi connectivity index (χ2n) is 7.87. The first-order valence-electron chi connectivity index (χ1n) is 10.3. The Morgan fingerprint density at radius 1 is 0.967 bits per heavy atom. The number of carbonyl (C=O) groups excluding carboxylic acids is 1. The van der Waals surface area contributed by atoms with E-state index in [1.165, 1.54) is 11.6 Å². The van der Waals surface area contributed by atoms with Gasteiger partial charge in [-0.05, 0) is 36.6 Å². The number of nitrogens with zero attached hydrogens (tertiary/aromatic N) is 4. The molecule has 8 heteroatoms. The molecule has 1 amide bonds. The Balaban J connectivity index is 1.27. The summed E-state index contributed by atoms with van der Waals surface area (Å²) in [6, 6.07) is 10.6. The number of piperazine rings is 1. The number of hydrogen-bond donors (Lipinski definition) is 0. The SMILES string of the molecule is O=C(CN1CCN(Cc2ccc(C(F)(F)F)cn2)CC1)N1CCCc2ccccc21. The van der Waals surface area contributed by atoms with Gasteiger partial charge in [-0.3, -0.25) is 19.6 Å². The van der Waals surface area contributed by atoms with Crippen molar-refractivity contribution in [3.63, 3.8) is 0 Å². The van der Waals surface area contributed by atoms with Crippen molar-refractivity contribution in [1.82, 2.24) is 14.8 Å². The van der Waals surface area contributed by atoms with Gasteiger partial charge in [0.25, 0.3) is 0 Å². The highest BCUT2D eigenvalue weighted by Gasteiger charge is 2.31. The standard InChI is InChI=1S/C22H25F3N4O/c23-22(24,25)18-7-8-19(26-14-18)15-27-10-12-28(13-11-27)16-21(30)29-9-3-5-17-4-1-2-6-20(17)29/h1-2,4,6-8,14H,3,5,9-13,15-16H2. The van der Waals surface area contributed by atoms with Gasteiger partial charge in [0, 0.05) is 51.2 Å². The summed E-state index contributed by atoms with van der Waals surface area (Å²) in [5.74, 6) is 0.125. The van der Waals surface area contributed by atoms with Gasteiger partial charge in [-0.25, -0.2) is 0 Å². The molecule has 0 N–H and O–H groups in total. The number of para-hydroxylation sites is 1. The second kappa shape index (κ2) is 8.73. The highest BCUT2D eigenvalue weighted by Crippen LogP contribution is 2.29. The van der Waals surface area contributed by atoms with Crippen LogP contribution in [0.3, 0.4) is 0 Å². The Morgan fingerprint density at radius 3 is 2.40 bits per heavy atom. The number of aryl methyl sites for hydroxylation is 1. The van der Waals surface area contributed by atoms with Crippen molar-refractivity contribution in [3.05, 3.63) is 59.4 Å². The average molecular weight is 418 g/mol. The maximum absolute atomic E-state index is 12.9. The highest BCUT2D eigenvalue weighted by molar-refractivity contribution is 5.95. The van der Waals surface area contributed by atoms with Crippen LogP contribution < -0.4 is 4.90 Å². The lowest BCUT2D eigenvalue weighted by Crippen LogP contribution is -2.50. The molecule has 160 valence electrons. The fourth-order valence-electron chi connectivity index (χ4n) is 4.09. The summed E-state index contributed by atoms with van der Waals surface area (Å²) in [5.41, 5.74) is 2.15. The number of halogens is 3. The molecule has 30 heavy (non-hydrogen) atoms. The van der Waals surface area contributed by atoms with Crippen molar-refractivity contribution < 1.29 is 18.0 Å². The summed E-state index contributed by atoms with van der Waals surface area (Å²) in [5, 5.41) is 0. The maximum atomic E-state index is 12.9. The van der Waals surface area contributed by atoms with Crippen LogP contribution in [-0.2, 0) is 23.9 Å². The monoisotopic (exact) mass is 418 g/mol. The largest absolute Gasteiger partial charge is 0.417 e. The number of alkyl halides is 3. The van der Waals surface area contributed by atoms with Crippen molar-refractivity contribution in [2.24, 2.45) is 0 Å². The molecule has 2 aliphatic rings. The molecule has 0 atom stereocenters. The molecule has 1 fully saturated rings. The smallest absolute Gasteiger partial charge is 0.311 e. The molecular weight excluding hydrogens is 393 g/mol. The Kier molecular flexibility index (Phi) is 6.06. The summed E-state index contributed by atoms with van der Waals surface area (Å²) in [6.07, 6.45) is -1.48. The molecule has 3 heterocycles. The summed E-state index contributed by atoms with van der Waals surface area (Å²) in [4.78, 5) is 23.0. The third kappa shape index (κ3) is 4.82. The van der Waals surface area contributed by atoms with Crippen LogP contribution in [0.1, 0.15) is 23.2 Å². The third-order valence-corrected chi connectivity index (χ3v) is 5.77. The van der Waals surface area contributed by atoms with E-state index in [0.717, 1.165) is 63.5 Å². The number of pyridine rings is 1. The number of amides is 1. The van der Waals surface area contributed by atoms with Crippen molar-refractivity contribution in [1.29, 1.82) is 0 Å². The van der Waals surface area contributed by atoms with Crippen LogP contribution in [0.25, 0.3) is 0 Å². The zero-order valence-electron chi connectivity index (χ0n) is 16.7. The molecule has 0 unspecified atom stereocenters. The van der Waals surface area contributed by atoms with E-state index in [4.69, 9.17) is 0 Å². The van der Waals surface area contributed by atoms with E-state index in [1.54, 1.807) is 0 Å². The molecule has 1 aromatic carbocycles. The Labute approximate surface area is 174 Å². The predicted octanol–water partition coefficient (Wildman–Crippen LogP) is 3.20. The van der Waals surface area contributed by atoms with Gasteiger partial charge in [0.15, 0.2) is 0 Å². The van der Waals surface area contributed by atoms with Gasteiger partial charge in [-0.1, -0.05) is 18.2 Å². The lowest BCUT2D eigenvalue weighted by molar-refractivity contribution is -0.137. The first-order chi connectivity index (χ1) is 14.4. The number of carbonyl (C=O) groups is 1. The summed E-state index contributed by atoms with van der Waals surface area (Å²) >= 11 is 0. The van der Waals surface area contributed by atoms with Gasteiger partial charge in [0.2, 0.25) is 5.91 Å². The fraction of sp³-hybridized carbons (Fsp3) is 0.455. The molecule has 1 saturated heterocycles. The molecule has 4 rings (SSSR count). The van der Waals surface area contributed by atoms with Crippen molar-refractivity contribution >= 4 is 11.6 Å². The van der Waals surface area contributed by atoms with E-state index < -0.39 is 11.7 Å². The molecular formula is C22H25F3N4O. The van der Waals surface area contributed by atoms with Crippen LogP contribution in [0.4, 0.5) is 18.9 Å². The summed E-state index contributed by atoms with van der Waals surface area (Å²) < 4.78 is 38.0. The minimum atomic E-state index is -4.36. The molecule has 0 spiro atoms. The molecule has 0 saturated carbocycles. The van der Waals surface area contributed by atoms with E-state index >= 15 is 0 Å². The molecule has 2 aliphatic heterocycles. The maximum Gasteiger partial charge on any atom is 0.417 e. The summed E-state index contributed by atoms with van der Waals surface area (Å²) in [7, 11) is 0. The minimum absolute atomic E-state index is 0.125. The van der Waals surface area contributed by atoms with E-state index in [-0.39, 0.29) is 5.91 Å². The first kappa shape index (κ1) is 20.8. The molecule has 0 radical (unpaired) electrons. The zero-order valence-corrected chi connectivity index (χ0v) is 16.7. The number of fused-ring (bicyclic) bond motifs is 1. The normalized spacial score (nSPS) is 18.3. The highest BCUT2D eigenvalue weighted by atomic mass is 19.4. The van der Waals surface area contributed by atoms with Gasteiger partial charge in [-0.15, -0.1) is 0 Å². The van der Waals surface area contributed by atoms with Crippen LogP contribution in [0, 0.1) is 0 Å². The Hall–Kier alpha value is -2.45. The van der Waals surface area contributed by atoms with E-state index in [9.17, 15) is 18.0 Å². The van der Waals surface area contributed by atoms with Crippen LogP contribution >= 0.6 is 0 Å². The fourth-order valence-corrected chi connectivity index (χ4v) is 4.09. The second-order valence-corrected chi connectivity index (χ2v) is 7.87. The Bertz CT molecular complexity index is 877. The van der Waals surface area contributed by atoms with Crippen molar-refractivity contribution in [3.8, 4) is 0 Å². The van der Waals surface area contributed by atoms with Crippen LogP contribution in [0.15, 0.2) is 42.6 Å². The van der Waals surface area contributed by atoms with Gasteiger partial charge in [0.1, 0.15) is 0 Å². The molecule has 0 bridgehead atoms. The first-order valence-corrected chi connectivity index (χ1v) is 10.3. The zero-order chi connectivity index (χ0) is 21.1. The quantitative estimate of drug-likeness (QED) is 0.765. The number of hydrogen-bond acceptors (Lipinski definition) is 4. The Morgan fingerprint density at radius 2 is 1.70 bits per heavy atom. The minimum Gasteiger partial charge on any atom is -0.311 e. The lowest BCUT2D eigenvalue weighted by atomic mass is 10.0. The van der Waals surface area contributed by atoms with E-state index in [0.29, 0.717) is 18.8 Å². The third-order valence-electron chi connectivity index (χ3n) is 5.77. The van der Waals surface area contributed by atoms with Gasteiger partial charge >= 0.3 is 6.18 Å². The number of anilines is 1. The van der Waals surface area contributed by atoms with Crippen LogP contribution in [-0.4, -0.2) is 60.0 Å². The van der Waals surface area contributed by atoms with Gasteiger partial charge in [0.05, 0.1) is 17.8 Å². The topological polar surface area (TPSA) is 39.7 Å². The molecule has 2 aromatic rings. The molecule has 0 aliphatic carbocycles. The number of rotatable bonds is 4. The summed E-state index contributed by atoms with van der Waals surface area (Å²) in [6.45, 7) is 4.68. The van der Waals surface area contributed by atoms with Crippen molar-refractivity contribution in [2.45, 2.75) is 25.6 Å². The van der Waals surface area contributed by atoms with E-state index in [2.05, 4.69) is 20.9 Å². The number of benzene rings is 1. The molecule has 1 aromatic heterocycles. The van der Waals surface area contributed by atoms with Gasteiger partial charge in [-0.2, -0.15) is 13.2 Å². The lowest BCUT2D eigenvalue weighted by Gasteiger charge is -2.36. The van der Waals surface area contributed by atoms with Crippen LogP contribution in [0.2, 0.25) is 0 Å². The van der Waals surface area contributed by atoms with Crippen molar-refractivity contribution in [2.75, 3.05) is 44.2 Å². The number of aromatic nitrogens is 1. The van der Waals surface area contributed by atoms with Crippen LogP contribution in [0.5, 0.6) is 0 Å². The average Bonchev–Trinajstić information content (AvgIpc) is 2.74. The van der Waals surface area contributed by atoms with Gasteiger partial charge < -0.3 is 4.90 Å². The van der Waals surface area contributed by atoms with E-state index in [1.807, 2.05) is 23.1 Å². The predicted molar refractivity (Wildman–Crippen MR) is 108 cm³/mol. The molecule has 5 nitrogen and oxygen atoms in total.